The Labute approximate surface area is 130 Å². The Morgan fingerprint density at radius 1 is 1.33 bits per heavy atom. The predicted molar refractivity (Wildman–Crippen MR) is 85.4 cm³/mol. The average Bonchev–Trinajstić information content (AvgIpc) is 2.47. The Hall–Kier alpha value is -1.23. The maximum Gasteiger partial charge on any atom is 0.242 e. The van der Waals surface area contributed by atoms with Crippen LogP contribution in [-0.4, -0.2) is 26.0 Å². The SMILES string of the molecule is CSC1CCC(NS(=O)(=O)c2ccc(C#N)cc2N)CC1. The summed E-state index contributed by atoms with van der Waals surface area (Å²) in [5.41, 5.74) is 6.22. The van der Waals surface area contributed by atoms with Crippen molar-refractivity contribution in [2.45, 2.75) is 41.9 Å². The first-order valence-electron chi connectivity index (χ1n) is 6.81. The highest BCUT2D eigenvalue weighted by Crippen LogP contribution is 2.28. The van der Waals surface area contributed by atoms with Gasteiger partial charge in [-0.3, -0.25) is 0 Å². The van der Waals surface area contributed by atoms with E-state index in [0.29, 0.717) is 10.8 Å². The number of thioether (sulfide) groups is 1. The third kappa shape index (κ3) is 3.90. The molecule has 1 aliphatic rings. The number of hydrogen-bond acceptors (Lipinski definition) is 5. The Bertz CT molecular complexity index is 645. The molecule has 1 fully saturated rings. The summed E-state index contributed by atoms with van der Waals surface area (Å²) < 4.78 is 27.5. The lowest BCUT2D eigenvalue weighted by Gasteiger charge is -2.28. The number of nitrogen functional groups attached to an aromatic ring is 1. The van der Waals surface area contributed by atoms with Gasteiger partial charge in [0, 0.05) is 11.3 Å². The van der Waals surface area contributed by atoms with E-state index < -0.39 is 10.0 Å². The standard InChI is InChI=1S/C14H19N3O2S2/c1-20-12-5-3-11(4-6-12)17-21(18,19)14-7-2-10(9-15)8-13(14)16/h2,7-8,11-12,17H,3-6,16H2,1H3. The fourth-order valence-corrected chi connectivity index (χ4v) is 4.72. The summed E-state index contributed by atoms with van der Waals surface area (Å²) in [4.78, 5) is 0.0495. The van der Waals surface area contributed by atoms with E-state index in [-0.39, 0.29) is 16.6 Å². The molecule has 0 radical (unpaired) electrons. The monoisotopic (exact) mass is 325 g/mol. The molecule has 0 amide bonds. The molecule has 1 aromatic rings. The van der Waals surface area contributed by atoms with Gasteiger partial charge in [0.2, 0.25) is 10.0 Å². The summed E-state index contributed by atoms with van der Waals surface area (Å²) in [6.07, 6.45) is 5.84. The molecule has 3 N–H and O–H groups in total. The molecule has 2 rings (SSSR count). The van der Waals surface area contributed by atoms with Crippen LogP contribution in [0.4, 0.5) is 5.69 Å². The van der Waals surface area contributed by atoms with Gasteiger partial charge < -0.3 is 5.73 Å². The van der Waals surface area contributed by atoms with Gasteiger partial charge in [-0.15, -0.1) is 0 Å². The molecule has 0 aromatic heterocycles. The molecule has 1 aromatic carbocycles. The van der Waals surface area contributed by atoms with Crippen molar-refractivity contribution in [3.8, 4) is 6.07 Å². The van der Waals surface area contributed by atoms with Gasteiger partial charge in [0.15, 0.2) is 0 Å². The molecule has 1 saturated carbocycles. The van der Waals surface area contributed by atoms with E-state index in [2.05, 4.69) is 11.0 Å². The van der Waals surface area contributed by atoms with Crippen molar-refractivity contribution < 1.29 is 8.42 Å². The number of hydrogen-bond donors (Lipinski definition) is 2. The third-order valence-corrected chi connectivity index (χ3v) is 6.49. The topological polar surface area (TPSA) is 96.0 Å². The maximum absolute atomic E-state index is 12.4. The van der Waals surface area contributed by atoms with E-state index in [9.17, 15) is 8.42 Å². The molecule has 0 spiro atoms. The van der Waals surface area contributed by atoms with Crippen LogP contribution in [0.5, 0.6) is 0 Å². The summed E-state index contributed by atoms with van der Waals surface area (Å²) in [6.45, 7) is 0. The predicted octanol–water partition coefficient (Wildman–Crippen LogP) is 2.09. The van der Waals surface area contributed by atoms with Crippen molar-refractivity contribution >= 4 is 27.5 Å². The Balaban J connectivity index is 2.11. The number of nitrogens with two attached hydrogens (primary N) is 1. The first kappa shape index (κ1) is 16.1. The van der Waals surface area contributed by atoms with E-state index in [1.807, 2.05) is 17.8 Å². The summed E-state index contributed by atoms with van der Waals surface area (Å²) in [5.74, 6) is 0. The lowest BCUT2D eigenvalue weighted by Crippen LogP contribution is -2.38. The van der Waals surface area contributed by atoms with Gasteiger partial charge in [-0.2, -0.15) is 17.0 Å². The first-order valence-corrected chi connectivity index (χ1v) is 9.58. The Kier molecular flexibility index (Phi) is 5.14. The molecule has 1 aliphatic carbocycles. The van der Waals surface area contributed by atoms with E-state index in [1.165, 1.54) is 18.2 Å². The van der Waals surface area contributed by atoms with E-state index in [0.717, 1.165) is 25.7 Å². The summed E-state index contributed by atoms with van der Waals surface area (Å²) in [6, 6.07) is 6.16. The molecular weight excluding hydrogens is 306 g/mol. The van der Waals surface area contributed by atoms with Crippen molar-refractivity contribution in [3.63, 3.8) is 0 Å². The van der Waals surface area contributed by atoms with Gasteiger partial charge in [0.05, 0.1) is 17.3 Å². The van der Waals surface area contributed by atoms with Crippen molar-refractivity contribution in [2.24, 2.45) is 0 Å². The van der Waals surface area contributed by atoms with Gasteiger partial charge in [0.25, 0.3) is 0 Å². The van der Waals surface area contributed by atoms with Crippen LogP contribution in [0.1, 0.15) is 31.2 Å². The van der Waals surface area contributed by atoms with E-state index >= 15 is 0 Å². The summed E-state index contributed by atoms with van der Waals surface area (Å²) in [7, 11) is -3.63. The quantitative estimate of drug-likeness (QED) is 0.826. The second kappa shape index (κ2) is 6.69. The highest BCUT2D eigenvalue weighted by Gasteiger charge is 2.26. The average molecular weight is 325 g/mol. The molecule has 21 heavy (non-hydrogen) atoms. The molecule has 114 valence electrons. The lowest BCUT2D eigenvalue weighted by atomic mass is 9.96. The zero-order chi connectivity index (χ0) is 15.5. The Morgan fingerprint density at radius 3 is 2.52 bits per heavy atom. The van der Waals surface area contributed by atoms with E-state index in [4.69, 9.17) is 11.0 Å². The van der Waals surface area contributed by atoms with Crippen molar-refractivity contribution in [1.82, 2.24) is 4.72 Å². The molecule has 0 heterocycles. The van der Waals surface area contributed by atoms with Crippen LogP contribution in [0.25, 0.3) is 0 Å². The molecule has 0 bridgehead atoms. The molecular formula is C14H19N3O2S2. The largest absolute Gasteiger partial charge is 0.398 e. The number of nitriles is 1. The smallest absolute Gasteiger partial charge is 0.242 e. The number of rotatable bonds is 4. The molecule has 0 saturated heterocycles. The van der Waals surface area contributed by atoms with Crippen molar-refractivity contribution in [3.05, 3.63) is 23.8 Å². The Morgan fingerprint density at radius 2 is 2.00 bits per heavy atom. The third-order valence-electron chi connectivity index (χ3n) is 3.76. The second-order valence-electron chi connectivity index (χ2n) is 5.20. The number of benzene rings is 1. The van der Waals surface area contributed by atoms with Gasteiger partial charge in [-0.25, -0.2) is 13.1 Å². The molecule has 5 nitrogen and oxygen atoms in total. The fraction of sp³-hybridized carbons (Fsp3) is 0.500. The highest BCUT2D eigenvalue weighted by atomic mass is 32.2. The number of nitrogens with one attached hydrogen (secondary N) is 1. The molecule has 7 heteroatoms. The minimum Gasteiger partial charge on any atom is -0.398 e. The number of nitrogens with zero attached hydrogens (tertiary/aromatic N) is 1. The molecule has 0 unspecified atom stereocenters. The van der Waals surface area contributed by atoms with Crippen LogP contribution in [0.3, 0.4) is 0 Å². The number of anilines is 1. The number of sulfonamides is 1. The first-order chi connectivity index (χ1) is 9.96. The van der Waals surface area contributed by atoms with Crippen LogP contribution >= 0.6 is 11.8 Å². The van der Waals surface area contributed by atoms with Gasteiger partial charge >= 0.3 is 0 Å². The van der Waals surface area contributed by atoms with Gasteiger partial charge in [0.1, 0.15) is 4.90 Å². The van der Waals surface area contributed by atoms with Crippen LogP contribution in [0.15, 0.2) is 23.1 Å². The molecule has 0 atom stereocenters. The van der Waals surface area contributed by atoms with Gasteiger partial charge in [-0.05, 0) is 50.1 Å². The minimum atomic E-state index is -3.63. The van der Waals surface area contributed by atoms with Crippen LogP contribution < -0.4 is 10.5 Å². The van der Waals surface area contributed by atoms with Crippen molar-refractivity contribution in [1.29, 1.82) is 5.26 Å². The van der Waals surface area contributed by atoms with Gasteiger partial charge in [-0.1, -0.05) is 0 Å². The zero-order valence-corrected chi connectivity index (χ0v) is 13.5. The molecule has 0 aliphatic heterocycles. The van der Waals surface area contributed by atoms with Crippen LogP contribution in [-0.2, 0) is 10.0 Å². The second-order valence-corrected chi connectivity index (χ2v) is 8.02. The van der Waals surface area contributed by atoms with Crippen molar-refractivity contribution in [2.75, 3.05) is 12.0 Å². The van der Waals surface area contributed by atoms with E-state index in [1.54, 1.807) is 0 Å². The fourth-order valence-electron chi connectivity index (χ4n) is 2.56. The zero-order valence-electron chi connectivity index (χ0n) is 11.9. The lowest BCUT2D eigenvalue weighted by molar-refractivity contribution is 0.420. The highest BCUT2D eigenvalue weighted by molar-refractivity contribution is 7.99. The summed E-state index contributed by atoms with van der Waals surface area (Å²) in [5, 5.41) is 9.42. The van der Waals surface area contributed by atoms with Crippen LogP contribution in [0.2, 0.25) is 0 Å². The van der Waals surface area contributed by atoms with Crippen LogP contribution in [0, 0.1) is 11.3 Å². The maximum atomic E-state index is 12.4. The normalized spacial score (nSPS) is 22.7. The minimum absolute atomic E-state index is 0.0338. The summed E-state index contributed by atoms with van der Waals surface area (Å²) >= 11 is 1.84.